The lowest BCUT2D eigenvalue weighted by molar-refractivity contribution is 0.667. The van der Waals surface area contributed by atoms with E-state index in [0.29, 0.717) is 5.41 Å². The first kappa shape index (κ1) is 6.92. The average molecular weight is 144 g/mol. The van der Waals surface area contributed by atoms with Gasteiger partial charge in [-0.2, -0.15) is 0 Å². The molecule has 2 heteroatoms. The van der Waals surface area contributed by atoms with Crippen molar-refractivity contribution in [1.82, 2.24) is 5.32 Å². The number of piperidine rings is 1. The lowest BCUT2D eigenvalue weighted by atomic mass is 10.1. The van der Waals surface area contributed by atoms with Crippen LogP contribution in [0.25, 0.3) is 0 Å². The van der Waals surface area contributed by atoms with E-state index in [0.717, 1.165) is 19.0 Å². The summed E-state index contributed by atoms with van der Waals surface area (Å²) in [6, 6.07) is 0. The summed E-state index contributed by atoms with van der Waals surface area (Å²) in [5.41, 5.74) is 0.319. The SMILES string of the molecule is C#CC12CNCC1C2.Cl. The summed E-state index contributed by atoms with van der Waals surface area (Å²) in [6.45, 7) is 2.22. The zero-order chi connectivity index (χ0) is 5.61. The first-order chi connectivity index (χ1) is 3.87. The van der Waals surface area contributed by atoms with E-state index in [-0.39, 0.29) is 12.4 Å². The van der Waals surface area contributed by atoms with E-state index in [2.05, 4.69) is 11.2 Å². The fourth-order valence-electron chi connectivity index (χ4n) is 1.56. The number of nitrogens with one attached hydrogen (secondary N) is 1. The summed E-state index contributed by atoms with van der Waals surface area (Å²) < 4.78 is 0. The van der Waals surface area contributed by atoms with Crippen molar-refractivity contribution in [3.05, 3.63) is 0 Å². The maximum absolute atomic E-state index is 5.32. The van der Waals surface area contributed by atoms with Gasteiger partial charge in [0.05, 0.1) is 0 Å². The van der Waals surface area contributed by atoms with E-state index in [1.54, 1.807) is 0 Å². The van der Waals surface area contributed by atoms with Crippen LogP contribution >= 0.6 is 12.4 Å². The van der Waals surface area contributed by atoms with E-state index >= 15 is 0 Å². The maximum atomic E-state index is 5.32. The van der Waals surface area contributed by atoms with Crippen molar-refractivity contribution in [1.29, 1.82) is 0 Å². The Morgan fingerprint density at radius 3 is 2.67 bits per heavy atom. The van der Waals surface area contributed by atoms with Crippen LogP contribution in [0.2, 0.25) is 0 Å². The van der Waals surface area contributed by atoms with Crippen molar-refractivity contribution in [2.24, 2.45) is 11.3 Å². The monoisotopic (exact) mass is 143 g/mol. The second kappa shape index (κ2) is 1.90. The van der Waals surface area contributed by atoms with Crippen molar-refractivity contribution < 1.29 is 0 Å². The molecule has 0 amide bonds. The number of terminal acetylenes is 1. The maximum Gasteiger partial charge on any atom is 0.0480 e. The van der Waals surface area contributed by atoms with Crippen molar-refractivity contribution in [2.45, 2.75) is 6.42 Å². The lowest BCUT2D eigenvalue weighted by Crippen LogP contribution is -2.14. The normalized spacial score (nSPS) is 44.6. The van der Waals surface area contributed by atoms with Gasteiger partial charge in [0.15, 0.2) is 0 Å². The molecule has 2 rings (SSSR count). The van der Waals surface area contributed by atoms with Gasteiger partial charge in [-0.3, -0.25) is 0 Å². The standard InChI is InChI=1S/C7H9N.ClH/c1-2-7-3-6(7)4-8-5-7;/h1,6,8H,3-5H2;1H. The van der Waals surface area contributed by atoms with E-state index in [9.17, 15) is 0 Å². The molecule has 1 aliphatic carbocycles. The zero-order valence-electron chi connectivity index (χ0n) is 5.18. The first-order valence-corrected chi connectivity index (χ1v) is 3.06. The van der Waals surface area contributed by atoms with E-state index < -0.39 is 0 Å². The predicted molar refractivity (Wildman–Crippen MR) is 39.5 cm³/mol. The van der Waals surface area contributed by atoms with Gasteiger partial charge >= 0.3 is 0 Å². The highest BCUT2D eigenvalue weighted by atomic mass is 35.5. The molecule has 0 aromatic heterocycles. The molecule has 0 radical (unpaired) electrons. The molecule has 1 N–H and O–H groups in total. The van der Waals surface area contributed by atoms with Crippen LogP contribution in [0.3, 0.4) is 0 Å². The van der Waals surface area contributed by atoms with Gasteiger partial charge in [-0.25, -0.2) is 0 Å². The minimum absolute atomic E-state index is 0. The van der Waals surface area contributed by atoms with Gasteiger partial charge in [-0.05, 0) is 18.9 Å². The molecule has 1 nitrogen and oxygen atoms in total. The Bertz CT molecular complexity index is 161. The van der Waals surface area contributed by atoms with Crippen LogP contribution in [-0.2, 0) is 0 Å². The molecular formula is C7H10ClN. The van der Waals surface area contributed by atoms with Gasteiger partial charge in [-0.1, -0.05) is 5.92 Å². The van der Waals surface area contributed by atoms with Crippen LogP contribution in [0.4, 0.5) is 0 Å². The Balaban J connectivity index is 0.000000405. The van der Waals surface area contributed by atoms with Crippen LogP contribution < -0.4 is 5.32 Å². The van der Waals surface area contributed by atoms with Gasteiger partial charge in [-0.15, -0.1) is 18.8 Å². The van der Waals surface area contributed by atoms with Crippen molar-refractivity contribution in [3.63, 3.8) is 0 Å². The smallest absolute Gasteiger partial charge is 0.0480 e. The Morgan fingerprint density at radius 2 is 2.44 bits per heavy atom. The third-order valence-electron chi connectivity index (χ3n) is 2.35. The average Bonchev–Trinajstić information content (AvgIpc) is 2.38. The molecule has 2 atom stereocenters. The number of halogens is 1. The van der Waals surface area contributed by atoms with Crippen LogP contribution in [0.1, 0.15) is 6.42 Å². The second-order valence-electron chi connectivity index (χ2n) is 2.83. The molecule has 1 heterocycles. The molecule has 50 valence electrons. The van der Waals surface area contributed by atoms with Gasteiger partial charge in [0.1, 0.15) is 0 Å². The summed E-state index contributed by atoms with van der Waals surface area (Å²) in [7, 11) is 0. The third-order valence-corrected chi connectivity index (χ3v) is 2.35. The van der Waals surface area contributed by atoms with Crippen LogP contribution in [-0.4, -0.2) is 13.1 Å². The molecule has 0 spiro atoms. The Labute approximate surface area is 61.6 Å². The summed E-state index contributed by atoms with van der Waals surface area (Å²) in [4.78, 5) is 0. The Hall–Kier alpha value is -0.190. The largest absolute Gasteiger partial charge is 0.315 e. The fourth-order valence-corrected chi connectivity index (χ4v) is 1.56. The topological polar surface area (TPSA) is 12.0 Å². The summed E-state index contributed by atoms with van der Waals surface area (Å²) in [6.07, 6.45) is 6.59. The molecule has 1 saturated heterocycles. The molecule has 2 unspecified atom stereocenters. The number of hydrogen-bond donors (Lipinski definition) is 1. The molecule has 2 aliphatic rings. The third kappa shape index (κ3) is 0.745. The highest BCUT2D eigenvalue weighted by Crippen LogP contribution is 2.54. The molecule has 1 saturated carbocycles. The number of rotatable bonds is 0. The van der Waals surface area contributed by atoms with Crippen LogP contribution in [0.15, 0.2) is 0 Å². The predicted octanol–water partition coefficient (Wildman–Crippen LogP) is 0.651. The van der Waals surface area contributed by atoms with Gasteiger partial charge < -0.3 is 5.32 Å². The summed E-state index contributed by atoms with van der Waals surface area (Å²) in [5.74, 6) is 3.68. The number of hydrogen-bond acceptors (Lipinski definition) is 1. The quantitative estimate of drug-likeness (QED) is 0.491. The fraction of sp³-hybridized carbons (Fsp3) is 0.714. The Kier molecular flexibility index (Phi) is 1.46. The van der Waals surface area contributed by atoms with Crippen molar-refractivity contribution in [2.75, 3.05) is 13.1 Å². The second-order valence-corrected chi connectivity index (χ2v) is 2.83. The molecule has 2 fully saturated rings. The summed E-state index contributed by atoms with van der Waals surface area (Å²) >= 11 is 0. The zero-order valence-corrected chi connectivity index (χ0v) is 6.00. The van der Waals surface area contributed by atoms with E-state index in [4.69, 9.17) is 6.42 Å². The van der Waals surface area contributed by atoms with E-state index in [1.807, 2.05) is 0 Å². The highest BCUT2D eigenvalue weighted by Gasteiger charge is 2.55. The van der Waals surface area contributed by atoms with Gasteiger partial charge in [0.2, 0.25) is 0 Å². The summed E-state index contributed by atoms with van der Waals surface area (Å²) in [5, 5.41) is 3.27. The molecule has 1 aliphatic heterocycles. The van der Waals surface area contributed by atoms with Crippen molar-refractivity contribution >= 4 is 12.4 Å². The number of fused-ring (bicyclic) bond motifs is 1. The minimum atomic E-state index is 0. The molecule has 9 heavy (non-hydrogen) atoms. The van der Waals surface area contributed by atoms with Gasteiger partial charge in [0.25, 0.3) is 0 Å². The van der Waals surface area contributed by atoms with Gasteiger partial charge in [0, 0.05) is 12.0 Å². The Morgan fingerprint density at radius 1 is 1.67 bits per heavy atom. The lowest BCUT2D eigenvalue weighted by Gasteiger charge is -1.97. The molecule has 0 aromatic carbocycles. The van der Waals surface area contributed by atoms with Crippen molar-refractivity contribution in [3.8, 4) is 12.3 Å². The highest BCUT2D eigenvalue weighted by molar-refractivity contribution is 5.85. The molecule has 0 bridgehead atoms. The van der Waals surface area contributed by atoms with Crippen LogP contribution in [0, 0.1) is 23.7 Å². The first-order valence-electron chi connectivity index (χ1n) is 3.06. The van der Waals surface area contributed by atoms with Crippen LogP contribution in [0.5, 0.6) is 0 Å². The molecular weight excluding hydrogens is 134 g/mol. The minimum Gasteiger partial charge on any atom is -0.315 e. The molecule has 0 aromatic rings. The van der Waals surface area contributed by atoms with E-state index in [1.165, 1.54) is 6.42 Å².